The van der Waals surface area contributed by atoms with Crippen molar-refractivity contribution in [3.8, 4) is 11.3 Å². The maximum Gasteiger partial charge on any atom is 0.175 e. The Morgan fingerprint density at radius 2 is 1.60 bits per heavy atom. The highest BCUT2D eigenvalue weighted by atomic mass is 32.2. The standard InChI is InChI=1S/C26H22N2OS/c1-17(25(29)21-15-14-18-10-7-11-20(18)16-21)30-26-23-13-6-5-12-22(23)24(27-28-26)19-8-3-2-4-9-19/h2-6,8-9,12-17H,7,10-11H2,1H3/t17-/m0/s1. The van der Waals surface area contributed by atoms with E-state index in [0.717, 1.165) is 45.5 Å². The SMILES string of the molecule is C[C@H](Sc1nnc(-c2ccccc2)c2ccccc12)C(=O)c1ccc2c(c1)CCC2. The van der Waals surface area contributed by atoms with Gasteiger partial charge in [-0.2, -0.15) is 0 Å². The summed E-state index contributed by atoms with van der Waals surface area (Å²) < 4.78 is 0. The minimum absolute atomic E-state index is 0.146. The molecule has 3 aromatic carbocycles. The molecule has 30 heavy (non-hydrogen) atoms. The van der Waals surface area contributed by atoms with Crippen LogP contribution in [0.1, 0.15) is 34.8 Å². The third-order valence-electron chi connectivity index (χ3n) is 5.74. The first-order valence-electron chi connectivity index (χ1n) is 10.3. The number of nitrogens with zero attached hydrogens (tertiary/aromatic N) is 2. The number of aromatic nitrogens is 2. The van der Waals surface area contributed by atoms with Crippen LogP contribution in [0.3, 0.4) is 0 Å². The van der Waals surface area contributed by atoms with Crippen molar-refractivity contribution < 1.29 is 4.79 Å². The fourth-order valence-electron chi connectivity index (χ4n) is 4.16. The van der Waals surface area contributed by atoms with Gasteiger partial charge in [0.15, 0.2) is 5.78 Å². The molecule has 0 N–H and O–H groups in total. The second kappa shape index (κ2) is 8.04. The van der Waals surface area contributed by atoms with Crippen LogP contribution in [0.4, 0.5) is 0 Å². The Bertz CT molecular complexity index is 1240. The van der Waals surface area contributed by atoms with Gasteiger partial charge in [0.25, 0.3) is 0 Å². The van der Waals surface area contributed by atoms with Crippen molar-refractivity contribution in [1.29, 1.82) is 0 Å². The second-order valence-corrected chi connectivity index (χ2v) is 9.06. The lowest BCUT2D eigenvalue weighted by Crippen LogP contribution is -2.14. The third-order valence-corrected chi connectivity index (χ3v) is 6.83. The van der Waals surface area contributed by atoms with Gasteiger partial charge in [0.05, 0.1) is 5.25 Å². The highest BCUT2D eigenvalue weighted by molar-refractivity contribution is 8.00. The van der Waals surface area contributed by atoms with Crippen molar-refractivity contribution in [1.82, 2.24) is 10.2 Å². The van der Waals surface area contributed by atoms with Gasteiger partial charge in [0, 0.05) is 21.9 Å². The van der Waals surface area contributed by atoms with Gasteiger partial charge in [-0.15, -0.1) is 10.2 Å². The first kappa shape index (κ1) is 19.0. The third kappa shape index (κ3) is 3.52. The van der Waals surface area contributed by atoms with E-state index in [2.05, 4.69) is 34.5 Å². The van der Waals surface area contributed by atoms with Crippen LogP contribution in [0.15, 0.2) is 77.8 Å². The molecule has 3 nitrogen and oxygen atoms in total. The van der Waals surface area contributed by atoms with Crippen LogP contribution in [0.5, 0.6) is 0 Å². The summed E-state index contributed by atoms with van der Waals surface area (Å²) in [5.41, 5.74) is 5.43. The van der Waals surface area contributed by atoms with E-state index in [0.29, 0.717) is 0 Å². The first-order chi connectivity index (χ1) is 14.7. The Morgan fingerprint density at radius 3 is 2.43 bits per heavy atom. The number of hydrogen-bond acceptors (Lipinski definition) is 4. The number of fused-ring (bicyclic) bond motifs is 2. The van der Waals surface area contributed by atoms with Gasteiger partial charge in [-0.25, -0.2) is 0 Å². The van der Waals surface area contributed by atoms with Gasteiger partial charge in [-0.1, -0.05) is 78.5 Å². The van der Waals surface area contributed by atoms with Crippen LogP contribution in [-0.2, 0) is 12.8 Å². The van der Waals surface area contributed by atoms with Crippen molar-refractivity contribution in [2.24, 2.45) is 0 Å². The molecule has 1 heterocycles. The summed E-state index contributed by atoms with van der Waals surface area (Å²) in [6, 6.07) is 24.4. The molecule has 0 fully saturated rings. The number of ketones is 1. The Balaban J connectivity index is 1.46. The molecule has 5 rings (SSSR count). The van der Waals surface area contributed by atoms with Crippen LogP contribution in [0.25, 0.3) is 22.0 Å². The predicted molar refractivity (Wildman–Crippen MR) is 123 cm³/mol. The molecule has 148 valence electrons. The highest BCUT2D eigenvalue weighted by Gasteiger charge is 2.21. The second-order valence-electron chi connectivity index (χ2n) is 7.73. The van der Waals surface area contributed by atoms with Crippen molar-refractivity contribution in [3.63, 3.8) is 0 Å². The van der Waals surface area contributed by atoms with Gasteiger partial charge >= 0.3 is 0 Å². The molecular weight excluding hydrogens is 388 g/mol. The summed E-state index contributed by atoms with van der Waals surface area (Å²) in [4.78, 5) is 13.1. The molecule has 0 saturated carbocycles. The van der Waals surface area contributed by atoms with Gasteiger partial charge in [0.2, 0.25) is 0 Å². The quantitative estimate of drug-likeness (QED) is 0.292. The zero-order chi connectivity index (χ0) is 20.5. The number of rotatable bonds is 5. The summed E-state index contributed by atoms with van der Waals surface area (Å²) in [5, 5.41) is 11.7. The van der Waals surface area contributed by atoms with Crippen LogP contribution >= 0.6 is 11.8 Å². The van der Waals surface area contributed by atoms with Gasteiger partial charge in [-0.3, -0.25) is 4.79 Å². The largest absolute Gasteiger partial charge is 0.293 e. The van der Waals surface area contributed by atoms with Crippen molar-refractivity contribution in [3.05, 3.63) is 89.5 Å². The monoisotopic (exact) mass is 410 g/mol. The Hall–Kier alpha value is -2.98. The number of Topliss-reactive ketones (excluding diaryl/α,β-unsaturated/α-hetero) is 1. The topological polar surface area (TPSA) is 42.9 Å². The molecule has 0 amide bonds. The molecule has 4 aromatic rings. The molecular formula is C26H22N2OS. The molecule has 0 saturated heterocycles. The lowest BCUT2D eigenvalue weighted by molar-refractivity contribution is 0.0994. The van der Waals surface area contributed by atoms with Crippen molar-refractivity contribution >= 4 is 28.3 Å². The summed E-state index contributed by atoms with van der Waals surface area (Å²) >= 11 is 1.49. The van der Waals surface area contributed by atoms with E-state index in [9.17, 15) is 4.79 Å². The van der Waals surface area contributed by atoms with Crippen LogP contribution < -0.4 is 0 Å². The van der Waals surface area contributed by atoms with Crippen molar-refractivity contribution in [2.75, 3.05) is 0 Å². The minimum atomic E-state index is -0.232. The molecule has 1 aliphatic carbocycles. The summed E-state index contributed by atoms with van der Waals surface area (Å²) in [7, 11) is 0. The van der Waals surface area contributed by atoms with E-state index in [4.69, 9.17) is 0 Å². The van der Waals surface area contributed by atoms with Crippen LogP contribution in [0.2, 0.25) is 0 Å². The van der Waals surface area contributed by atoms with Crippen LogP contribution in [0, 0.1) is 0 Å². The van der Waals surface area contributed by atoms with Crippen LogP contribution in [-0.4, -0.2) is 21.2 Å². The fraction of sp³-hybridized carbons (Fsp3) is 0.192. The molecule has 4 heteroatoms. The van der Waals surface area contributed by atoms with E-state index in [1.807, 2.05) is 55.5 Å². The van der Waals surface area contributed by atoms with Gasteiger partial charge < -0.3 is 0 Å². The first-order valence-corrected chi connectivity index (χ1v) is 11.2. The zero-order valence-electron chi connectivity index (χ0n) is 16.8. The minimum Gasteiger partial charge on any atom is -0.293 e. The molecule has 0 radical (unpaired) electrons. The Kier molecular flexibility index (Phi) is 5.09. The molecule has 1 aliphatic rings. The smallest absolute Gasteiger partial charge is 0.175 e. The number of carbonyl (C=O) groups is 1. The predicted octanol–water partition coefficient (Wildman–Crippen LogP) is 6.15. The highest BCUT2D eigenvalue weighted by Crippen LogP contribution is 2.34. The Labute approximate surface area is 180 Å². The van der Waals surface area contributed by atoms with E-state index in [1.54, 1.807) is 0 Å². The normalized spacial score (nSPS) is 13.9. The van der Waals surface area contributed by atoms with E-state index < -0.39 is 0 Å². The zero-order valence-corrected chi connectivity index (χ0v) is 17.7. The fourth-order valence-corrected chi connectivity index (χ4v) is 5.13. The maximum atomic E-state index is 13.1. The molecule has 0 aliphatic heterocycles. The summed E-state index contributed by atoms with van der Waals surface area (Å²) in [6.07, 6.45) is 3.39. The maximum absolute atomic E-state index is 13.1. The lowest BCUT2D eigenvalue weighted by atomic mass is 10.0. The number of benzene rings is 3. The molecule has 0 unspecified atom stereocenters. The average molecular weight is 411 g/mol. The molecule has 0 bridgehead atoms. The van der Waals surface area contributed by atoms with E-state index in [-0.39, 0.29) is 11.0 Å². The Morgan fingerprint density at radius 1 is 0.867 bits per heavy atom. The molecule has 1 aromatic heterocycles. The van der Waals surface area contributed by atoms with Gasteiger partial charge in [0.1, 0.15) is 10.7 Å². The van der Waals surface area contributed by atoms with E-state index in [1.165, 1.54) is 29.3 Å². The summed E-state index contributed by atoms with van der Waals surface area (Å²) in [5.74, 6) is 0.146. The number of hydrogen-bond donors (Lipinski definition) is 0. The summed E-state index contributed by atoms with van der Waals surface area (Å²) in [6.45, 7) is 1.96. The van der Waals surface area contributed by atoms with Gasteiger partial charge in [-0.05, 0) is 43.4 Å². The number of aryl methyl sites for hydroxylation is 2. The lowest BCUT2D eigenvalue weighted by Gasteiger charge is -2.13. The number of carbonyl (C=O) groups excluding carboxylic acids is 1. The van der Waals surface area contributed by atoms with E-state index >= 15 is 0 Å². The van der Waals surface area contributed by atoms with Crippen molar-refractivity contribution in [2.45, 2.75) is 36.5 Å². The molecule has 0 spiro atoms. The molecule has 1 atom stereocenters. The number of thioether (sulfide) groups is 1. The average Bonchev–Trinajstić information content (AvgIpc) is 3.27.